The molecule has 6 heteroatoms. The number of ether oxygens (including phenoxy) is 1. The molecule has 118 valence electrons. The normalized spacial score (nSPS) is 11.5. The van der Waals surface area contributed by atoms with Crippen molar-refractivity contribution in [3.63, 3.8) is 0 Å². The van der Waals surface area contributed by atoms with Gasteiger partial charge < -0.3 is 15.4 Å². The monoisotopic (exact) mass is 301 g/mol. The molecular weight excluding hydrogens is 278 g/mol. The van der Waals surface area contributed by atoms with Gasteiger partial charge in [0.05, 0.1) is 17.9 Å². The standard InChI is InChI=1S/C16H23N5O/c1-17-16(18-10-6-12-22-2)19-13-14-9-11-21(20-14)15-7-4-3-5-8-15/h3-5,7-9,11H,6,10,12-13H2,1-2H3,(H2,17,18,19). The summed E-state index contributed by atoms with van der Waals surface area (Å²) in [6, 6.07) is 12.1. The number of nitrogens with zero attached hydrogens (tertiary/aromatic N) is 3. The van der Waals surface area contributed by atoms with Gasteiger partial charge >= 0.3 is 0 Å². The second-order valence-corrected chi connectivity index (χ2v) is 4.79. The fourth-order valence-corrected chi connectivity index (χ4v) is 2.00. The molecule has 22 heavy (non-hydrogen) atoms. The maximum atomic E-state index is 5.02. The molecule has 0 amide bonds. The van der Waals surface area contributed by atoms with Crippen molar-refractivity contribution in [2.75, 3.05) is 27.3 Å². The third-order valence-corrected chi connectivity index (χ3v) is 3.14. The highest BCUT2D eigenvalue weighted by Crippen LogP contribution is 2.06. The van der Waals surface area contributed by atoms with Crippen molar-refractivity contribution in [3.05, 3.63) is 48.3 Å². The van der Waals surface area contributed by atoms with Crippen LogP contribution >= 0.6 is 0 Å². The smallest absolute Gasteiger partial charge is 0.191 e. The maximum absolute atomic E-state index is 5.02. The third kappa shape index (κ3) is 4.89. The van der Waals surface area contributed by atoms with Crippen LogP contribution in [0.5, 0.6) is 0 Å². The van der Waals surface area contributed by atoms with Crippen molar-refractivity contribution in [3.8, 4) is 5.69 Å². The van der Waals surface area contributed by atoms with Crippen LogP contribution in [-0.2, 0) is 11.3 Å². The van der Waals surface area contributed by atoms with Gasteiger partial charge in [-0.25, -0.2) is 4.68 Å². The summed E-state index contributed by atoms with van der Waals surface area (Å²) in [5, 5.41) is 11.0. The number of guanidine groups is 1. The van der Waals surface area contributed by atoms with Gasteiger partial charge in [-0.1, -0.05) is 18.2 Å². The van der Waals surface area contributed by atoms with E-state index < -0.39 is 0 Å². The van der Waals surface area contributed by atoms with Gasteiger partial charge in [-0.15, -0.1) is 0 Å². The average molecular weight is 301 g/mol. The topological polar surface area (TPSA) is 63.5 Å². The fraction of sp³-hybridized carbons (Fsp3) is 0.375. The van der Waals surface area contributed by atoms with Crippen molar-refractivity contribution in [1.82, 2.24) is 20.4 Å². The van der Waals surface area contributed by atoms with Crippen LogP contribution in [0.3, 0.4) is 0 Å². The third-order valence-electron chi connectivity index (χ3n) is 3.14. The Morgan fingerprint density at radius 3 is 2.77 bits per heavy atom. The van der Waals surface area contributed by atoms with E-state index in [1.807, 2.05) is 47.3 Å². The van der Waals surface area contributed by atoms with E-state index in [-0.39, 0.29) is 0 Å². The summed E-state index contributed by atoms with van der Waals surface area (Å²) in [6.07, 6.45) is 2.90. The van der Waals surface area contributed by atoms with E-state index in [1.54, 1.807) is 14.2 Å². The maximum Gasteiger partial charge on any atom is 0.191 e. The van der Waals surface area contributed by atoms with Gasteiger partial charge in [0, 0.05) is 33.5 Å². The molecule has 1 heterocycles. The van der Waals surface area contributed by atoms with Crippen LogP contribution in [0.15, 0.2) is 47.6 Å². The molecule has 0 atom stereocenters. The first-order chi connectivity index (χ1) is 10.8. The van der Waals surface area contributed by atoms with Gasteiger partial charge in [0.2, 0.25) is 0 Å². The second kappa shape index (κ2) is 8.84. The number of hydrogen-bond donors (Lipinski definition) is 2. The number of methoxy groups -OCH3 is 1. The van der Waals surface area contributed by atoms with Gasteiger partial charge in [-0.05, 0) is 24.6 Å². The number of rotatable bonds is 7. The molecule has 0 radical (unpaired) electrons. The molecule has 2 rings (SSSR count). The minimum absolute atomic E-state index is 0.629. The van der Waals surface area contributed by atoms with E-state index in [1.165, 1.54) is 0 Å². The van der Waals surface area contributed by atoms with E-state index >= 15 is 0 Å². The Morgan fingerprint density at radius 1 is 1.23 bits per heavy atom. The van der Waals surface area contributed by atoms with Gasteiger partial charge in [0.1, 0.15) is 0 Å². The quantitative estimate of drug-likeness (QED) is 0.463. The summed E-state index contributed by atoms with van der Waals surface area (Å²) in [5.74, 6) is 0.769. The van der Waals surface area contributed by atoms with Crippen LogP contribution in [-0.4, -0.2) is 43.0 Å². The number of benzene rings is 1. The molecule has 0 unspecified atom stereocenters. The lowest BCUT2D eigenvalue weighted by Gasteiger charge is -2.10. The van der Waals surface area contributed by atoms with Crippen molar-refractivity contribution in [2.45, 2.75) is 13.0 Å². The van der Waals surface area contributed by atoms with E-state index in [0.29, 0.717) is 6.54 Å². The zero-order chi connectivity index (χ0) is 15.6. The van der Waals surface area contributed by atoms with Crippen LogP contribution in [0.4, 0.5) is 0 Å². The van der Waals surface area contributed by atoms with Crippen molar-refractivity contribution in [1.29, 1.82) is 0 Å². The zero-order valence-corrected chi connectivity index (χ0v) is 13.1. The molecule has 0 aliphatic rings. The second-order valence-electron chi connectivity index (χ2n) is 4.79. The van der Waals surface area contributed by atoms with Gasteiger partial charge in [0.15, 0.2) is 5.96 Å². The first-order valence-electron chi connectivity index (χ1n) is 7.37. The zero-order valence-electron chi connectivity index (χ0n) is 13.1. The van der Waals surface area contributed by atoms with E-state index in [2.05, 4.69) is 20.7 Å². The molecule has 0 aliphatic heterocycles. The van der Waals surface area contributed by atoms with Crippen molar-refractivity contribution >= 4 is 5.96 Å². The number of nitrogens with one attached hydrogen (secondary N) is 2. The predicted octanol–water partition coefficient (Wildman–Crippen LogP) is 1.57. The number of aliphatic imine (C=N–C) groups is 1. The van der Waals surface area contributed by atoms with E-state index in [0.717, 1.165) is 36.9 Å². The SMILES string of the molecule is CN=C(NCCCOC)NCc1ccn(-c2ccccc2)n1. The summed E-state index contributed by atoms with van der Waals surface area (Å²) < 4.78 is 6.89. The molecule has 1 aromatic heterocycles. The van der Waals surface area contributed by atoms with Crippen LogP contribution in [0.2, 0.25) is 0 Å². The van der Waals surface area contributed by atoms with Crippen molar-refractivity contribution in [2.24, 2.45) is 4.99 Å². The Kier molecular flexibility index (Phi) is 6.44. The summed E-state index contributed by atoms with van der Waals surface area (Å²) in [7, 11) is 3.46. The molecule has 6 nitrogen and oxygen atoms in total. The van der Waals surface area contributed by atoms with Gasteiger partial charge in [0.25, 0.3) is 0 Å². The summed E-state index contributed by atoms with van der Waals surface area (Å²) in [6.45, 7) is 2.20. The van der Waals surface area contributed by atoms with Gasteiger partial charge in [-0.2, -0.15) is 5.10 Å². The lowest BCUT2D eigenvalue weighted by molar-refractivity contribution is 0.195. The van der Waals surface area contributed by atoms with Gasteiger partial charge in [-0.3, -0.25) is 4.99 Å². The minimum atomic E-state index is 0.629. The molecule has 0 saturated carbocycles. The first-order valence-corrected chi connectivity index (χ1v) is 7.37. The summed E-state index contributed by atoms with van der Waals surface area (Å²) in [5.41, 5.74) is 2.01. The molecule has 0 spiro atoms. The Hall–Kier alpha value is -2.34. The Bertz CT molecular complexity index is 579. The first kappa shape index (κ1) is 16.0. The number of aromatic nitrogens is 2. The predicted molar refractivity (Wildman–Crippen MR) is 88.3 cm³/mol. The summed E-state index contributed by atoms with van der Waals surface area (Å²) >= 11 is 0. The number of para-hydroxylation sites is 1. The highest BCUT2D eigenvalue weighted by atomic mass is 16.5. The Labute approximate surface area is 131 Å². The average Bonchev–Trinajstić information content (AvgIpc) is 3.04. The Balaban J connectivity index is 1.82. The van der Waals surface area contributed by atoms with E-state index in [4.69, 9.17) is 4.74 Å². The lowest BCUT2D eigenvalue weighted by atomic mass is 10.3. The number of hydrogen-bond acceptors (Lipinski definition) is 3. The highest BCUT2D eigenvalue weighted by molar-refractivity contribution is 5.79. The molecule has 2 aromatic rings. The Morgan fingerprint density at radius 2 is 2.05 bits per heavy atom. The lowest BCUT2D eigenvalue weighted by Crippen LogP contribution is -2.37. The molecule has 0 saturated heterocycles. The van der Waals surface area contributed by atoms with E-state index in [9.17, 15) is 0 Å². The molecule has 2 N–H and O–H groups in total. The molecule has 0 aliphatic carbocycles. The molecular formula is C16H23N5O. The van der Waals surface area contributed by atoms with Crippen LogP contribution < -0.4 is 10.6 Å². The van der Waals surface area contributed by atoms with Crippen LogP contribution in [0.25, 0.3) is 5.69 Å². The summed E-state index contributed by atoms with van der Waals surface area (Å²) in [4.78, 5) is 4.18. The fourth-order valence-electron chi connectivity index (χ4n) is 2.00. The van der Waals surface area contributed by atoms with Crippen LogP contribution in [0, 0.1) is 0 Å². The highest BCUT2D eigenvalue weighted by Gasteiger charge is 2.02. The molecule has 0 bridgehead atoms. The molecule has 1 aromatic carbocycles. The van der Waals surface area contributed by atoms with Crippen molar-refractivity contribution < 1.29 is 4.74 Å². The molecule has 0 fully saturated rings. The largest absolute Gasteiger partial charge is 0.385 e. The van der Waals surface area contributed by atoms with Crippen LogP contribution in [0.1, 0.15) is 12.1 Å². The minimum Gasteiger partial charge on any atom is -0.385 e.